The largest absolute Gasteiger partial charge is 0.481 e. The Morgan fingerprint density at radius 2 is 1.85 bits per heavy atom. The zero-order valence-corrected chi connectivity index (χ0v) is 20.2. The molecule has 184 valence electrons. The van der Waals surface area contributed by atoms with Crippen LogP contribution < -0.4 is 15.5 Å². The Morgan fingerprint density at radius 1 is 1.15 bits per heavy atom. The van der Waals surface area contributed by atoms with Crippen LogP contribution in [0.25, 0.3) is 0 Å². The molecule has 7 nitrogen and oxygen atoms in total. The molecule has 1 aliphatic rings. The highest BCUT2D eigenvalue weighted by Crippen LogP contribution is 2.35. The summed E-state index contributed by atoms with van der Waals surface area (Å²) in [6, 6.07) is 9.35. The van der Waals surface area contributed by atoms with Crippen LogP contribution in [0.2, 0.25) is 5.02 Å². The third-order valence-electron chi connectivity index (χ3n) is 6.12. The standard InChI is InChI=1S/C25H31ClFN3O4/c1-3-16(14-24(31)32)17-5-8-23(30(4-2)19-9-11-34-12-10-19)22(13-17)29-25(33)28-21-7-6-18(26)15-20(21)27/h5-8,13,15-16,19H,3-4,9-12,14H2,1-2H3,(H,31,32)(H2,28,29,33)/t16-/m0/s1. The summed E-state index contributed by atoms with van der Waals surface area (Å²) >= 11 is 5.80. The minimum Gasteiger partial charge on any atom is -0.481 e. The number of ether oxygens (including phenoxy) is 1. The van der Waals surface area contributed by atoms with Crippen LogP contribution in [0.15, 0.2) is 36.4 Å². The van der Waals surface area contributed by atoms with Crippen molar-refractivity contribution in [2.45, 2.75) is 51.5 Å². The molecule has 1 atom stereocenters. The number of halogens is 2. The number of aliphatic carboxylic acids is 1. The monoisotopic (exact) mass is 491 g/mol. The number of carboxylic acid groups (broad SMARTS) is 1. The van der Waals surface area contributed by atoms with E-state index in [1.54, 1.807) is 0 Å². The van der Waals surface area contributed by atoms with Crippen molar-refractivity contribution in [3.63, 3.8) is 0 Å². The third kappa shape index (κ3) is 6.61. The van der Waals surface area contributed by atoms with Crippen molar-refractivity contribution >= 4 is 40.7 Å². The Hall–Kier alpha value is -2.84. The number of carbonyl (C=O) groups is 2. The van der Waals surface area contributed by atoms with E-state index in [9.17, 15) is 19.1 Å². The van der Waals surface area contributed by atoms with Crippen LogP contribution in [-0.2, 0) is 9.53 Å². The Balaban J connectivity index is 1.93. The minimum absolute atomic E-state index is 0.00503. The van der Waals surface area contributed by atoms with Gasteiger partial charge in [-0.05, 0) is 68.0 Å². The van der Waals surface area contributed by atoms with Crippen molar-refractivity contribution in [2.24, 2.45) is 0 Å². The molecule has 0 saturated carbocycles. The van der Waals surface area contributed by atoms with Crippen LogP contribution in [0.1, 0.15) is 51.0 Å². The lowest BCUT2D eigenvalue weighted by Gasteiger charge is -2.36. The number of carboxylic acids is 1. The molecule has 2 amide bonds. The van der Waals surface area contributed by atoms with Gasteiger partial charge in [0.05, 0.1) is 23.5 Å². The second kappa shape index (κ2) is 12.0. The van der Waals surface area contributed by atoms with Crippen molar-refractivity contribution < 1.29 is 23.8 Å². The van der Waals surface area contributed by atoms with Gasteiger partial charge in [0.2, 0.25) is 0 Å². The molecular weight excluding hydrogens is 461 g/mol. The number of nitrogens with zero attached hydrogens (tertiary/aromatic N) is 1. The Labute approximate surface area is 204 Å². The number of nitrogens with one attached hydrogen (secondary N) is 2. The summed E-state index contributed by atoms with van der Waals surface area (Å²) < 4.78 is 19.7. The summed E-state index contributed by atoms with van der Waals surface area (Å²) in [6.45, 7) is 6.06. The first-order chi connectivity index (χ1) is 16.3. The van der Waals surface area contributed by atoms with Gasteiger partial charge in [-0.1, -0.05) is 24.6 Å². The van der Waals surface area contributed by atoms with E-state index in [0.717, 1.165) is 36.7 Å². The van der Waals surface area contributed by atoms with Crippen LogP contribution in [0, 0.1) is 5.82 Å². The van der Waals surface area contributed by atoms with Gasteiger partial charge < -0.3 is 25.4 Å². The van der Waals surface area contributed by atoms with Crippen LogP contribution in [0.4, 0.5) is 26.2 Å². The molecule has 2 aromatic carbocycles. The quantitative estimate of drug-likeness (QED) is 0.394. The molecule has 34 heavy (non-hydrogen) atoms. The van der Waals surface area contributed by atoms with Gasteiger partial charge in [0.1, 0.15) is 5.82 Å². The molecule has 1 fully saturated rings. The lowest BCUT2D eigenvalue weighted by molar-refractivity contribution is -0.137. The van der Waals surface area contributed by atoms with Crippen molar-refractivity contribution in [3.05, 3.63) is 52.8 Å². The lowest BCUT2D eigenvalue weighted by Crippen LogP contribution is -2.40. The van der Waals surface area contributed by atoms with Gasteiger partial charge in [-0.3, -0.25) is 4.79 Å². The van der Waals surface area contributed by atoms with E-state index in [4.69, 9.17) is 16.3 Å². The van der Waals surface area contributed by atoms with Crippen molar-refractivity contribution in [2.75, 3.05) is 35.3 Å². The van der Waals surface area contributed by atoms with Crippen molar-refractivity contribution in [1.82, 2.24) is 0 Å². The van der Waals surface area contributed by atoms with E-state index in [0.29, 0.717) is 25.3 Å². The molecule has 0 radical (unpaired) electrons. The zero-order valence-electron chi connectivity index (χ0n) is 19.4. The van der Waals surface area contributed by atoms with Gasteiger partial charge in [-0.2, -0.15) is 0 Å². The highest BCUT2D eigenvalue weighted by atomic mass is 35.5. The average Bonchev–Trinajstić information content (AvgIpc) is 2.81. The smallest absolute Gasteiger partial charge is 0.323 e. The van der Waals surface area contributed by atoms with Gasteiger partial charge >= 0.3 is 12.0 Å². The maximum Gasteiger partial charge on any atom is 0.323 e. The van der Waals surface area contributed by atoms with E-state index in [1.165, 1.54) is 12.1 Å². The molecular formula is C25H31ClFN3O4. The molecule has 3 N–H and O–H groups in total. The highest BCUT2D eigenvalue weighted by Gasteiger charge is 2.24. The molecule has 9 heteroatoms. The maximum absolute atomic E-state index is 14.2. The number of amides is 2. The van der Waals surface area contributed by atoms with Gasteiger partial charge in [0.25, 0.3) is 0 Å². The number of urea groups is 1. The van der Waals surface area contributed by atoms with Gasteiger partial charge in [0, 0.05) is 30.8 Å². The van der Waals surface area contributed by atoms with Gasteiger partial charge in [0.15, 0.2) is 0 Å². The van der Waals surface area contributed by atoms with E-state index >= 15 is 0 Å². The summed E-state index contributed by atoms with van der Waals surface area (Å²) in [7, 11) is 0. The predicted octanol–water partition coefficient (Wildman–Crippen LogP) is 6.10. The number of benzene rings is 2. The average molecular weight is 492 g/mol. The van der Waals surface area contributed by atoms with Crippen LogP contribution >= 0.6 is 11.6 Å². The predicted molar refractivity (Wildman–Crippen MR) is 133 cm³/mol. The van der Waals surface area contributed by atoms with Crippen molar-refractivity contribution in [3.8, 4) is 0 Å². The molecule has 3 rings (SSSR count). The summed E-state index contributed by atoms with van der Waals surface area (Å²) in [5.74, 6) is -1.71. The fourth-order valence-corrected chi connectivity index (χ4v) is 4.51. The third-order valence-corrected chi connectivity index (χ3v) is 6.35. The first-order valence-corrected chi connectivity index (χ1v) is 11.9. The Morgan fingerprint density at radius 3 is 2.47 bits per heavy atom. The molecule has 0 bridgehead atoms. The molecule has 0 aromatic heterocycles. The second-order valence-corrected chi connectivity index (χ2v) is 8.75. The Kier molecular flexibility index (Phi) is 9.12. The SMILES string of the molecule is CC[C@@H](CC(=O)O)c1ccc(N(CC)C2CCOCC2)c(NC(=O)Nc2ccc(Cl)cc2F)c1. The van der Waals surface area contributed by atoms with E-state index in [-0.39, 0.29) is 29.1 Å². The zero-order chi connectivity index (χ0) is 24.7. The minimum atomic E-state index is -0.876. The Bertz CT molecular complexity index is 1010. The molecule has 1 heterocycles. The van der Waals surface area contributed by atoms with Crippen LogP contribution in [-0.4, -0.2) is 42.9 Å². The summed E-state index contributed by atoms with van der Waals surface area (Å²) in [4.78, 5) is 26.4. The highest BCUT2D eigenvalue weighted by molar-refractivity contribution is 6.30. The fourth-order valence-electron chi connectivity index (χ4n) is 4.36. The summed E-state index contributed by atoms with van der Waals surface area (Å²) in [5, 5.41) is 14.9. The van der Waals surface area contributed by atoms with E-state index < -0.39 is 17.8 Å². The molecule has 0 unspecified atom stereocenters. The lowest BCUT2D eigenvalue weighted by atomic mass is 9.92. The topological polar surface area (TPSA) is 90.9 Å². The number of hydrogen-bond acceptors (Lipinski definition) is 4. The maximum atomic E-state index is 14.2. The molecule has 2 aromatic rings. The first kappa shape index (κ1) is 25.8. The molecule has 0 aliphatic carbocycles. The molecule has 1 saturated heterocycles. The number of carbonyl (C=O) groups excluding carboxylic acids is 1. The summed E-state index contributed by atoms with van der Waals surface area (Å²) in [6.07, 6.45) is 2.38. The molecule has 1 aliphatic heterocycles. The number of anilines is 3. The fraction of sp³-hybridized carbons (Fsp3) is 0.440. The number of hydrogen-bond donors (Lipinski definition) is 3. The van der Waals surface area contributed by atoms with Gasteiger partial charge in [-0.15, -0.1) is 0 Å². The first-order valence-electron chi connectivity index (χ1n) is 11.6. The number of rotatable bonds is 9. The van der Waals surface area contributed by atoms with Crippen molar-refractivity contribution in [1.29, 1.82) is 0 Å². The van der Waals surface area contributed by atoms with Crippen LogP contribution in [0.3, 0.4) is 0 Å². The summed E-state index contributed by atoms with van der Waals surface area (Å²) in [5.41, 5.74) is 2.20. The normalized spacial score (nSPS) is 14.9. The van der Waals surface area contributed by atoms with E-state index in [1.807, 2.05) is 25.1 Å². The van der Waals surface area contributed by atoms with Gasteiger partial charge in [-0.25, -0.2) is 9.18 Å². The molecule has 0 spiro atoms. The van der Waals surface area contributed by atoms with Crippen LogP contribution in [0.5, 0.6) is 0 Å². The second-order valence-electron chi connectivity index (χ2n) is 8.31. The van der Waals surface area contributed by atoms with E-state index in [2.05, 4.69) is 22.5 Å².